The fraction of sp³-hybridized carbons (Fsp3) is 0.529. The summed E-state index contributed by atoms with van der Waals surface area (Å²) < 4.78 is 5.47. The van der Waals surface area contributed by atoms with Gasteiger partial charge in [-0.3, -0.25) is 9.88 Å². The average molecular weight is 300 g/mol. The van der Waals surface area contributed by atoms with Crippen LogP contribution in [0.25, 0.3) is 11.3 Å². The Kier molecular flexibility index (Phi) is 4.85. The molecule has 1 aliphatic heterocycles. The van der Waals surface area contributed by atoms with E-state index < -0.39 is 0 Å². The van der Waals surface area contributed by atoms with Crippen molar-refractivity contribution in [1.29, 1.82) is 0 Å². The van der Waals surface area contributed by atoms with Gasteiger partial charge in [0.15, 0.2) is 5.76 Å². The van der Waals surface area contributed by atoms with Crippen LogP contribution < -0.4 is 0 Å². The Labute approximate surface area is 131 Å². The third-order valence-corrected chi connectivity index (χ3v) is 4.35. The highest BCUT2D eigenvalue weighted by atomic mass is 16.5. The van der Waals surface area contributed by atoms with E-state index in [2.05, 4.69) is 33.9 Å². The van der Waals surface area contributed by atoms with Gasteiger partial charge in [0.2, 0.25) is 0 Å². The second-order valence-electron chi connectivity index (χ2n) is 6.16. The van der Waals surface area contributed by atoms with Crippen LogP contribution >= 0.6 is 0 Å². The van der Waals surface area contributed by atoms with Crippen LogP contribution in [0.2, 0.25) is 0 Å². The molecule has 5 nitrogen and oxygen atoms in total. The van der Waals surface area contributed by atoms with Gasteiger partial charge in [-0.1, -0.05) is 12.1 Å². The molecule has 5 heteroatoms. The van der Waals surface area contributed by atoms with Gasteiger partial charge in [0.25, 0.3) is 0 Å². The molecule has 118 valence electrons. The molecule has 0 spiro atoms. The number of hydrogen-bond acceptors (Lipinski definition) is 5. The lowest BCUT2D eigenvalue weighted by molar-refractivity contribution is 0.234. The maximum absolute atomic E-state index is 5.47. The normalized spacial score (nSPS) is 19.1. The predicted octanol–water partition coefficient (Wildman–Crippen LogP) is 2.51. The molecule has 0 N–H and O–H groups in total. The summed E-state index contributed by atoms with van der Waals surface area (Å²) in [6.45, 7) is 7.78. The third kappa shape index (κ3) is 3.72. The van der Waals surface area contributed by atoms with Crippen LogP contribution in [0.1, 0.15) is 19.1 Å². The second-order valence-corrected chi connectivity index (χ2v) is 6.16. The van der Waals surface area contributed by atoms with E-state index in [1.807, 2.05) is 18.2 Å². The Morgan fingerprint density at radius 3 is 2.91 bits per heavy atom. The summed E-state index contributed by atoms with van der Waals surface area (Å²) in [5, 5.41) is 4.16. The third-order valence-electron chi connectivity index (χ3n) is 4.35. The molecule has 3 heterocycles. The van der Waals surface area contributed by atoms with Crippen LogP contribution in [-0.4, -0.2) is 53.2 Å². The van der Waals surface area contributed by atoms with Crippen molar-refractivity contribution < 1.29 is 4.52 Å². The van der Waals surface area contributed by atoms with Gasteiger partial charge in [-0.15, -0.1) is 0 Å². The summed E-state index contributed by atoms with van der Waals surface area (Å²) in [5.74, 6) is 1.69. The summed E-state index contributed by atoms with van der Waals surface area (Å²) in [5.41, 5.74) is 1.92. The molecule has 2 aromatic heterocycles. The molecular formula is C17H24N4O. The van der Waals surface area contributed by atoms with Crippen LogP contribution in [0.4, 0.5) is 0 Å². The molecule has 0 saturated carbocycles. The van der Waals surface area contributed by atoms with Gasteiger partial charge in [-0.2, -0.15) is 0 Å². The minimum Gasteiger partial charge on any atom is -0.359 e. The minimum atomic E-state index is 0.771. The molecular weight excluding hydrogens is 276 g/mol. The predicted molar refractivity (Wildman–Crippen MR) is 86.3 cm³/mol. The van der Waals surface area contributed by atoms with Crippen molar-refractivity contribution in [2.24, 2.45) is 5.92 Å². The Morgan fingerprint density at radius 1 is 1.36 bits per heavy atom. The monoisotopic (exact) mass is 300 g/mol. The number of rotatable bonds is 6. The molecule has 3 rings (SSSR count). The van der Waals surface area contributed by atoms with Crippen LogP contribution in [0.3, 0.4) is 0 Å². The molecule has 0 bridgehead atoms. The lowest BCUT2D eigenvalue weighted by atomic mass is 10.1. The number of nitrogens with zero attached hydrogens (tertiary/aromatic N) is 4. The van der Waals surface area contributed by atoms with E-state index >= 15 is 0 Å². The van der Waals surface area contributed by atoms with Crippen molar-refractivity contribution in [3.8, 4) is 11.3 Å². The first-order chi connectivity index (χ1) is 10.7. The zero-order valence-electron chi connectivity index (χ0n) is 13.4. The quantitative estimate of drug-likeness (QED) is 0.820. The molecule has 0 amide bonds. The van der Waals surface area contributed by atoms with Crippen molar-refractivity contribution >= 4 is 0 Å². The number of aromatic nitrogens is 2. The zero-order valence-corrected chi connectivity index (χ0v) is 13.4. The molecule has 1 fully saturated rings. The van der Waals surface area contributed by atoms with Gasteiger partial charge >= 0.3 is 0 Å². The van der Waals surface area contributed by atoms with Crippen molar-refractivity contribution in [3.63, 3.8) is 0 Å². The highest BCUT2D eigenvalue weighted by Crippen LogP contribution is 2.20. The van der Waals surface area contributed by atoms with E-state index in [1.165, 1.54) is 19.5 Å². The van der Waals surface area contributed by atoms with Crippen molar-refractivity contribution in [1.82, 2.24) is 19.9 Å². The van der Waals surface area contributed by atoms with Crippen molar-refractivity contribution in [3.05, 3.63) is 36.4 Å². The van der Waals surface area contributed by atoms with E-state index in [0.29, 0.717) is 0 Å². The number of pyridine rings is 1. The first-order valence-corrected chi connectivity index (χ1v) is 8.01. The van der Waals surface area contributed by atoms with E-state index in [0.717, 1.165) is 42.6 Å². The molecule has 0 radical (unpaired) electrons. The first kappa shape index (κ1) is 15.2. The van der Waals surface area contributed by atoms with Gasteiger partial charge in [-0.25, -0.2) is 0 Å². The second kappa shape index (κ2) is 7.03. The Morgan fingerprint density at radius 2 is 2.18 bits per heavy atom. The maximum Gasteiger partial charge on any atom is 0.151 e. The highest BCUT2D eigenvalue weighted by Gasteiger charge is 2.22. The number of likely N-dealkylation sites (tertiary alicyclic amines) is 1. The first-order valence-electron chi connectivity index (χ1n) is 8.01. The van der Waals surface area contributed by atoms with Gasteiger partial charge in [0, 0.05) is 37.1 Å². The van der Waals surface area contributed by atoms with Crippen LogP contribution in [0.5, 0.6) is 0 Å². The lowest BCUT2D eigenvalue weighted by Gasteiger charge is -2.19. The fourth-order valence-electron chi connectivity index (χ4n) is 3.17. The summed E-state index contributed by atoms with van der Waals surface area (Å²) in [6, 6.07) is 5.92. The largest absolute Gasteiger partial charge is 0.359 e. The average Bonchev–Trinajstić information content (AvgIpc) is 3.17. The van der Waals surface area contributed by atoms with Gasteiger partial charge < -0.3 is 9.42 Å². The zero-order chi connectivity index (χ0) is 15.4. The van der Waals surface area contributed by atoms with E-state index in [1.54, 1.807) is 12.4 Å². The highest BCUT2D eigenvalue weighted by molar-refractivity contribution is 5.57. The molecule has 1 unspecified atom stereocenters. The topological polar surface area (TPSA) is 45.4 Å². The van der Waals surface area contributed by atoms with E-state index in [-0.39, 0.29) is 0 Å². The summed E-state index contributed by atoms with van der Waals surface area (Å²) in [4.78, 5) is 8.88. The lowest BCUT2D eigenvalue weighted by Crippen LogP contribution is -2.27. The standard InChI is InChI=1S/C17H24N4O/c1-3-21-9-6-14(12-21)11-20(2)13-16-10-17(19-22-16)15-4-7-18-8-5-15/h4-5,7-8,10,14H,3,6,9,11-13H2,1-2H3. The molecule has 22 heavy (non-hydrogen) atoms. The fourth-order valence-corrected chi connectivity index (χ4v) is 3.17. The molecule has 1 atom stereocenters. The Balaban J connectivity index is 1.54. The van der Waals surface area contributed by atoms with Gasteiger partial charge in [0.05, 0.1) is 6.54 Å². The van der Waals surface area contributed by atoms with Crippen LogP contribution in [-0.2, 0) is 6.54 Å². The van der Waals surface area contributed by atoms with E-state index in [4.69, 9.17) is 4.52 Å². The van der Waals surface area contributed by atoms with Crippen molar-refractivity contribution in [2.45, 2.75) is 19.9 Å². The molecule has 1 saturated heterocycles. The molecule has 0 aromatic carbocycles. The molecule has 1 aliphatic rings. The summed E-state index contributed by atoms with van der Waals surface area (Å²) >= 11 is 0. The summed E-state index contributed by atoms with van der Waals surface area (Å²) in [7, 11) is 2.16. The molecule has 0 aliphatic carbocycles. The van der Waals surface area contributed by atoms with Gasteiger partial charge in [0.1, 0.15) is 5.69 Å². The maximum atomic E-state index is 5.47. The minimum absolute atomic E-state index is 0.771. The summed E-state index contributed by atoms with van der Waals surface area (Å²) in [6.07, 6.45) is 4.85. The van der Waals surface area contributed by atoms with Gasteiger partial charge in [-0.05, 0) is 44.6 Å². The molecule has 2 aromatic rings. The van der Waals surface area contributed by atoms with Crippen molar-refractivity contribution in [2.75, 3.05) is 33.2 Å². The number of hydrogen-bond donors (Lipinski definition) is 0. The van der Waals surface area contributed by atoms with Crippen LogP contribution in [0, 0.1) is 5.92 Å². The Bertz CT molecular complexity index is 583. The Hall–Kier alpha value is -1.72. The SMILES string of the molecule is CCN1CCC(CN(C)Cc2cc(-c3ccncc3)no2)C1. The van der Waals surface area contributed by atoms with Crippen LogP contribution in [0.15, 0.2) is 35.1 Å². The van der Waals surface area contributed by atoms with E-state index in [9.17, 15) is 0 Å². The smallest absolute Gasteiger partial charge is 0.151 e.